The zero-order chi connectivity index (χ0) is 20.1. The van der Waals surface area contributed by atoms with E-state index < -0.39 is 0 Å². The van der Waals surface area contributed by atoms with E-state index in [9.17, 15) is 0 Å². The molecule has 2 aromatic carbocycles. The van der Waals surface area contributed by atoms with Crippen molar-refractivity contribution in [3.8, 4) is 11.3 Å². The number of furan rings is 1. The maximum Gasteiger partial charge on any atom is 0.220 e. The summed E-state index contributed by atoms with van der Waals surface area (Å²) in [5.41, 5.74) is 6.83. The van der Waals surface area contributed by atoms with Crippen LogP contribution in [-0.2, 0) is 13.5 Å². The Kier molecular flexibility index (Phi) is 3.96. The molecule has 0 aliphatic heterocycles. The van der Waals surface area contributed by atoms with Crippen LogP contribution in [0.1, 0.15) is 43.9 Å². The van der Waals surface area contributed by atoms with Crippen molar-refractivity contribution in [2.45, 2.75) is 46.0 Å². The second-order valence-corrected chi connectivity index (χ2v) is 8.48. The van der Waals surface area contributed by atoms with Gasteiger partial charge in [0, 0.05) is 18.4 Å². The van der Waals surface area contributed by atoms with Crippen LogP contribution < -0.4 is 4.57 Å². The first-order valence-electron chi connectivity index (χ1n) is 10.9. The van der Waals surface area contributed by atoms with Gasteiger partial charge in [-0.05, 0) is 60.0 Å². The van der Waals surface area contributed by atoms with Gasteiger partial charge in [0.15, 0.2) is 5.69 Å². The van der Waals surface area contributed by atoms with E-state index in [1.165, 1.54) is 42.4 Å². The van der Waals surface area contributed by atoms with Crippen LogP contribution in [0.3, 0.4) is 0 Å². The Bertz CT molecular complexity index is 1230. The molecule has 28 heavy (non-hydrogen) atoms. The summed E-state index contributed by atoms with van der Waals surface area (Å²) in [6, 6.07) is 13.8. The van der Waals surface area contributed by atoms with Crippen LogP contribution in [0.25, 0.3) is 33.0 Å². The third kappa shape index (κ3) is 2.92. The molecular formula is C26H28NO+. The molecule has 2 heterocycles. The highest BCUT2D eigenvalue weighted by Gasteiger charge is 2.22. The first-order valence-corrected chi connectivity index (χ1v) is 10.4. The van der Waals surface area contributed by atoms with Gasteiger partial charge in [-0.25, -0.2) is 0 Å². The number of fused-ring (bicyclic) bond motifs is 2. The average Bonchev–Trinajstić information content (AvgIpc) is 3.38. The van der Waals surface area contributed by atoms with E-state index >= 15 is 0 Å². The van der Waals surface area contributed by atoms with E-state index in [-0.39, 0.29) is 0 Å². The number of aryl methyl sites for hydroxylation is 1. The lowest BCUT2D eigenvalue weighted by Crippen LogP contribution is -2.35. The van der Waals surface area contributed by atoms with Gasteiger partial charge >= 0.3 is 0 Å². The molecule has 1 fully saturated rings. The molecule has 0 saturated heterocycles. The molecule has 142 valence electrons. The van der Waals surface area contributed by atoms with Crippen molar-refractivity contribution in [2.24, 2.45) is 13.0 Å². The second kappa shape index (κ2) is 6.77. The number of aromatic nitrogens is 1. The molecule has 0 N–H and O–H groups in total. The largest absolute Gasteiger partial charge is 0.464 e. The lowest BCUT2D eigenvalue weighted by atomic mass is 9.93. The van der Waals surface area contributed by atoms with Crippen LogP contribution in [0.4, 0.5) is 0 Å². The summed E-state index contributed by atoms with van der Waals surface area (Å²) in [5, 5.41) is 3.34. The quantitative estimate of drug-likeness (QED) is 0.379. The summed E-state index contributed by atoms with van der Waals surface area (Å²) in [5.74, 6) is 0.811. The first kappa shape index (κ1) is 16.4. The fourth-order valence-corrected chi connectivity index (χ4v) is 4.91. The predicted octanol–water partition coefficient (Wildman–Crippen LogP) is 6.43. The maximum atomic E-state index is 8.79. The van der Waals surface area contributed by atoms with Crippen LogP contribution in [-0.4, -0.2) is 0 Å². The van der Waals surface area contributed by atoms with Gasteiger partial charge in [-0.2, -0.15) is 4.57 Å². The highest BCUT2D eigenvalue weighted by Crippen LogP contribution is 2.34. The topological polar surface area (TPSA) is 17.0 Å². The maximum absolute atomic E-state index is 8.79. The summed E-state index contributed by atoms with van der Waals surface area (Å²) in [6.45, 7) is 4.21. The van der Waals surface area contributed by atoms with Gasteiger partial charge in [0.05, 0.1) is 18.6 Å². The Morgan fingerprint density at radius 3 is 2.71 bits per heavy atom. The number of hydrogen-bond donors (Lipinski definition) is 0. The summed E-state index contributed by atoms with van der Waals surface area (Å²) < 4.78 is 16.6. The highest BCUT2D eigenvalue weighted by atomic mass is 16.3. The van der Waals surface area contributed by atoms with Crippen molar-refractivity contribution in [1.82, 2.24) is 0 Å². The van der Waals surface area contributed by atoms with E-state index in [0.29, 0.717) is 6.04 Å². The van der Waals surface area contributed by atoms with Gasteiger partial charge in [-0.3, -0.25) is 0 Å². The van der Waals surface area contributed by atoms with E-state index in [2.05, 4.69) is 55.8 Å². The number of hydrogen-bond acceptors (Lipinski definition) is 1. The number of pyridine rings is 1. The summed E-state index contributed by atoms with van der Waals surface area (Å²) in [4.78, 5) is 0. The molecule has 0 spiro atoms. The molecule has 2 nitrogen and oxygen atoms in total. The smallest absolute Gasteiger partial charge is 0.220 e. The SMILES string of the molecule is [2H]c1c(C)[n+](C)c(-c2cc3occc3cc2C)c2ccc(CC3CCCC3)cc12. The minimum atomic E-state index is 0.635. The zero-order valence-electron chi connectivity index (χ0n) is 18.0. The standard InChI is InChI=1S/C26H28NO/c1-17-12-21-10-11-28-25(21)16-24(17)26-23-9-8-20(14-19-6-4-5-7-19)15-22(23)13-18(2)27(26)3/h8-13,15-16,19H,4-7,14H2,1-3H3/q+1/i13D. The van der Waals surface area contributed by atoms with Crippen LogP contribution >= 0.6 is 0 Å². The van der Waals surface area contributed by atoms with Crippen molar-refractivity contribution in [3.63, 3.8) is 0 Å². The van der Waals surface area contributed by atoms with Crippen LogP contribution in [0.15, 0.2) is 53.1 Å². The Balaban J connectivity index is 1.72. The van der Waals surface area contributed by atoms with Crippen molar-refractivity contribution >= 4 is 21.7 Å². The Morgan fingerprint density at radius 1 is 1.07 bits per heavy atom. The molecule has 0 radical (unpaired) electrons. The normalized spacial score (nSPS) is 15.6. The minimum absolute atomic E-state index is 0.635. The van der Waals surface area contributed by atoms with Gasteiger partial charge in [0.25, 0.3) is 0 Å². The number of nitrogens with zero attached hydrogens (tertiary/aromatic N) is 1. The molecule has 4 aromatic rings. The molecule has 1 aliphatic rings. The molecule has 2 heteroatoms. The van der Waals surface area contributed by atoms with Gasteiger partial charge < -0.3 is 4.42 Å². The molecular weight excluding hydrogens is 342 g/mol. The van der Waals surface area contributed by atoms with Crippen molar-refractivity contribution in [1.29, 1.82) is 0 Å². The lowest BCUT2D eigenvalue weighted by Gasteiger charge is -2.13. The third-order valence-corrected chi connectivity index (χ3v) is 6.55. The van der Waals surface area contributed by atoms with Crippen molar-refractivity contribution in [2.75, 3.05) is 0 Å². The third-order valence-electron chi connectivity index (χ3n) is 6.55. The van der Waals surface area contributed by atoms with Crippen molar-refractivity contribution < 1.29 is 10.4 Å². The van der Waals surface area contributed by atoms with Crippen LogP contribution in [0.2, 0.25) is 0 Å². The van der Waals surface area contributed by atoms with Gasteiger partial charge in [-0.15, -0.1) is 0 Å². The molecule has 5 rings (SSSR count). The molecule has 0 bridgehead atoms. The summed E-state index contributed by atoms with van der Waals surface area (Å²) >= 11 is 0. The fourth-order valence-electron chi connectivity index (χ4n) is 4.91. The average molecular weight is 372 g/mol. The number of rotatable bonds is 3. The first-order chi connectivity index (χ1) is 14.0. The minimum Gasteiger partial charge on any atom is -0.464 e. The van der Waals surface area contributed by atoms with E-state index in [0.717, 1.165) is 45.5 Å². The molecule has 0 amide bonds. The zero-order valence-corrected chi connectivity index (χ0v) is 17.0. The lowest BCUT2D eigenvalue weighted by molar-refractivity contribution is -0.665. The van der Waals surface area contributed by atoms with Gasteiger partial charge in [-0.1, -0.05) is 37.8 Å². The van der Waals surface area contributed by atoms with E-state index in [4.69, 9.17) is 5.79 Å². The van der Waals surface area contributed by atoms with Crippen LogP contribution in [0.5, 0.6) is 0 Å². The molecule has 2 aromatic heterocycles. The predicted molar refractivity (Wildman–Crippen MR) is 115 cm³/mol. The summed E-state index contributed by atoms with van der Waals surface area (Å²) in [7, 11) is 2.07. The Labute approximate surface area is 168 Å². The Morgan fingerprint density at radius 2 is 1.89 bits per heavy atom. The molecule has 1 saturated carbocycles. The van der Waals surface area contributed by atoms with E-state index in [1.54, 1.807) is 6.26 Å². The fraction of sp³-hybridized carbons (Fsp3) is 0.346. The van der Waals surface area contributed by atoms with E-state index in [1.807, 2.05) is 6.07 Å². The number of benzene rings is 2. The molecule has 0 unspecified atom stereocenters. The van der Waals surface area contributed by atoms with Gasteiger partial charge in [0.1, 0.15) is 12.6 Å². The molecule has 0 atom stereocenters. The Hall–Kier alpha value is -2.61. The van der Waals surface area contributed by atoms with Gasteiger partial charge in [0.2, 0.25) is 5.69 Å². The second-order valence-electron chi connectivity index (χ2n) is 8.48. The van der Waals surface area contributed by atoms with Crippen LogP contribution in [0, 0.1) is 19.8 Å². The monoisotopic (exact) mass is 371 g/mol. The molecule has 1 aliphatic carbocycles. The highest BCUT2D eigenvalue weighted by molar-refractivity contribution is 5.96. The van der Waals surface area contributed by atoms with Crippen molar-refractivity contribution in [3.05, 3.63) is 65.5 Å². The summed E-state index contributed by atoms with van der Waals surface area (Å²) in [6.07, 6.45) is 8.33.